The van der Waals surface area contributed by atoms with Crippen LogP contribution in [-0.2, 0) is 6.42 Å². The Bertz CT molecular complexity index is 726. The van der Waals surface area contributed by atoms with Gasteiger partial charge in [-0.25, -0.2) is 4.98 Å². The summed E-state index contributed by atoms with van der Waals surface area (Å²) in [7, 11) is 0. The zero-order chi connectivity index (χ0) is 14.3. The Balaban J connectivity index is 1.96. The number of aromatic nitrogens is 2. The molecule has 0 unspecified atom stereocenters. The summed E-state index contributed by atoms with van der Waals surface area (Å²) in [5, 5.41) is 1.28. The quantitative estimate of drug-likeness (QED) is 0.684. The molecule has 1 fully saturated rings. The lowest BCUT2D eigenvalue weighted by atomic mass is 10.1. The van der Waals surface area contributed by atoms with Crippen LogP contribution in [-0.4, -0.2) is 9.97 Å². The minimum absolute atomic E-state index is 0.577. The highest BCUT2D eigenvalue weighted by Gasteiger charge is 2.27. The van der Waals surface area contributed by atoms with Crippen LogP contribution < -0.4 is 0 Å². The summed E-state index contributed by atoms with van der Waals surface area (Å²) in [6.07, 6.45) is 3.02. The second-order valence-electron chi connectivity index (χ2n) is 4.90. The van der Waals surface area contributed by atoms with Gasteiger partial charge in [0.2, 0.25) is 0 Å². The van der Waals surface area contributed by atoms with Crippen LogP contribution in [0.15, 0.2) is 22.7 Å². The number of rotatable bonds is 3. The lowest BCUT2D eigenvalue weighted by Gasteiger charge is -2.09. The third-order valence-corrected chi connectivity index (χ3v) is 5.25. The lowest BCUT2D eigenvalue weighted by molar-refractivity contribution is 0.883. The number of hydrogen-bond donors (Lipinski definition) is 1. The minimum Gasteiger partial charge on any atom is -0.346 e. The molecule has 2 nitrogen and oxygen atoms in total. The predicted molar refractivity (Wildman–Crippen MR) is 88.4 cm³/mol. The Morgan fingerprint density at radius 1 is 1.35 bits per heavy atom. The summed E-state index contributed by atoms with van der Waals surface area (Å²) in [6, 6.07) is 5.49. The molecule has 0 radical (unpaired) electrons. The van der Waals surface area contributed by atoms with E-state index >= 15 is 0 Å². The number of aromatic amines is 1. The van der Waals surface area contributed by atoms with Gasteiger partial charge in [-0.1, -0.05) is 41.5 Å². The molecule has 0 spiro atoms. The van der Waals surface area contributed by atoms with E-state index in [1.807, 2.05) is 12.1 Å². The second kappa shape index (κ2) is 5.76. The van der Waals surface area contributed by atoms with Crippen molar-refractivity contribution in [2.24, 2.45) is 0 Å². The topological polar surface area (TPSA) is 28.7 Å². The molecule has 1 N–H and O–H groups in total. The van der Waals surface area contributed by atoms with Crippen molar-refractivity contribution in [3.63, 3.8) is 0 Å². The molecule has 2 aromatic rings. The third kappa shape index (κ3) is 3.08. The van der Waals surface area contributed by atoms with Crippen molar-refractivity contribution < 1.29 is 0 Å². The molecule has 0 bridgehead atoms. The molecule has 1 aliphatic rings. The van der Waals surface area contributed by atoms with E-state index in [1.54, 1.807) is 6.07 Å². The van der Waals surface area contributed by atoms with Crippen molar-refractivity contribution in [3.8, 4) is 0 Å². The van der Waals surface area contributed by atoms with E-state index in [-0.39, 0.29) is 0 Å². The van der Waals surface area contributed by atoms with Gasteiger partial charge in [0.05, 0.1) is 4.47 Å². The van der Waals surface area contributed by atoms with Gasteiger partial charge >= 0.3 is 0 Å². The fourth-order valence-corrected chi connectivity index (χ4v) is 3.31. The fraction of sp³-hybridized carbons (Fsp3) is 0.286. The predicted octanol–water partition coefficient (Wildman–Crippen LogP) is 5.68. The number of nitrogens with zero attached hydrogens (tertiary/aromatic N) is 1. The highest BCUT2D eigenvalue weighted by Crippen LogP contribution is 2.42. The van der Waals surface area contributed by atoms with Gasteiger partial charge in [0.15, 0.2) is 0 Å². The fourth-order valence-electron chi connectivity index (χ4n) is 2.11. The van der Waals surface area contributed by atoms with Crippen LogP contribution >= 0.6 is 51.3 Å². The van der Waals surface area contributed by atoms with E-state index in [0.717, 1.165) is 21.6 Å². The minimum atomic E-state index is 0.577. The Kier molecular flexibility index (Phi) is 4.18. The second-order valence-corrected chi connectivity index (χ2v) is 6.93. The summed E-state index contributed by atoms with van der Waals surface area (Å²) in [5.74, 6) is 1.41. The lowest BCUT2D eigenvalue weighted by Crippen LogP contribution is -2.02. The maximum atomic E-state index is 6.20. The summed E-state index contributed by atoms with van der Waals surface area (Å²) >= 11 is 20.9. The average molecular weight is 390 g/mol. The molecule has 6 heteroatoms. The zero-order valence-corrected chi connectivity index (χ0v) is 14.3. The molecular weight excluding hydrogens is 379 g/mol. The molecule has 1 aliphatic carbocycles. The van der Waals surface area contributed by atoms with Crippen LogP contribution in [0.3, 0.4) is 0 Å². The molecule has 20 heavy (non-hydrogen) atoms. The van der Waals surface area contributed by atoms with Crippen molar-refractivity contribution in [3.05, 3.63) is 54.4 Å². The molecule has 0 amide bonds. The summed E-state index contributed by atoms with van der Waals surface area (Å²) in [6.45, 7) is 0. The van der Waals surface area contributed by atoms with Crippen molar-refractivity contribution in [1.82, 2.24) is 9.97 Å². The first-order valence-electron chi connectivity index (χ1n) is 6.27. The van der Waals surface area contributed by atoms with Gasteiger partial charge in [-0.05, 0) is 46.5 Å². The first kappa shape index (κ1) is 14.5. The highest BCUT2D eigenvalue weighted by molar-refractivity contribution is 9.10. The van der Waals surface area contributed by atoms with Crippen LogP contribution in [0.1, 0.15) is 35.8 Å². The first-order chi connectivity index (χ1) is 9.54. The van der Waals surface area contributed by atoms with Crippen molar-refractivity contribution in [2.75, 3.05) is 0 Å². The molecule has 1 saturated carbocycles. The molecule has 0 atom stereocenters. The van der Waals surface area contributed by atoms with Gasteiger partial charge in [0.25, 0.3) is 0 Å². The number of nitrogens with one attached hydrogen (secondary N) is 1. The smallest absolute Gasteiger partial charge is 0.144 e. The number of hydrogen-bond acceptors (Lipinski definition) is 2. The summed E-state index contributed by atoms with van der Waals surface area (Å²) in [4.78, 5) is 7.81. The molecule has 104 valence electrons. The normalized spacial score (nSPS) is 14.6. The van der Waals surface area contributed by atoms with E-state index in [9.17, 15) is 0 Å². The molecule has 1 heterocycles. The highest BCUT2D eigenvalue weighted by atomic mass is 79.9. The van der Waals surface area contributed by atoms with Crippen LogP contribution in [0.2, 0.25) is 10.0 Å². The van der Waals surface area contributed by atoms with Gasteiger partial charge in [-0.3, -0.25) is 0 Å². The zero-order valence-electron chi connectivity index (χ0n) is 10.4. The van der Waals surface area contributed by atoms with Gasteiger partial charge in [0, 0.05) is 28.1 Å². The Morgan fingerprint density at radius 3 is 2.75 bits per heavy atom. The Hall–Kier alpha value is -0.420. The summed E-state index contributed by atoms with van der Waals surface area (Å²) < 4.78 is 1.52. The van der Waals surface area contributed by atoms with Gasteiger partial charge in [0.1, 0.15) is 10.5 Å². The standard InChI is InChI=1S/C14H11BrCl2N2S/c15-12-13(7-1-2-7)18-11(19-14(12)20)5-8-3-4-9(16)6-10(8)17/h3-4,6-7H,1-2,5H2,(H,18,19,20). The van der Waals surface area contributed by atoms with Crippen LogP contribution in [0.5, 0.6) is 0 Å². The molecule has 1 aromatic heterocycles. The van der Waals surface area contributed by atoms with Crippen molar-refractivity contribution in [2.45, 2.75) is 25.2 Å². The maximum Gasteiger partial charge on any atom is 0.144 e. The van der Waals surface area contributed by atoms with E-state index in [2.05, 4.69) is 25.9 Å². The van der Waals surface area contributed by atoms with Crippen LogP contribution in [0.4, 0.5) is 0 Å². The van der Waals surface area contributed by atoms with Crippen molar-refractivity contribution in [1.29, 1.82) is 0 Å². The Morgan fingerprint density at radius 2 is 2.10 bits per heavy atom. The average Bonchev–Trinajstić information content (AvgIpc) is 3.21. The van der Waals surface area contributed by atoms with E-state index < -0.39 is 0 Å². The van der Waals surface area contributed by atoms with Crippen molar-refractivity contribution >= 4 is 51.3 Å². The largest absolute Gasteiger partial charge is 0.346 e. The number of benzene rings is 1. The van der Waals surface area contributed by atoms with E-state index in [0.29, 0.717) is 27.0 Å². The molecule has 0 aliphatic heterocycles. The van der Waals surface area contributed by atoms with Crippen LogP contribution in [0.25, 0.3) is 0 Å². The van der Waals surface area contributed by atoms with Gasteiger partial charge in [-0.15, -0.1) is 0 Å². The number of H-pyrrole nitrogens is 1. The molecule has 0 saturated heterocycles. The monoisotopic (exact) mass is 388 g/mol. The van der Waals surface area contributed by atoms with Gasteiger partial charge < -0.3 is 4.98 Å². The maximum absolute atomic E-state index is 6.20. The van der Waals surface area contributed by atoms with Gasteiger partial charge in [-0.2, -0.15) is 0 Å². The molecular formula is C14H11BrCl2N2S. The number of halogens is 3. The molecule has 1 aromatic carbocycles. The molecule has 3 rings (SSSR count). The SMILES string of the molecule is S=c1nc(Cc2ccc(Cl)cc2Cl)[nH]c(C2CC2)c1Br. The first-order valence-corrected chi connectivity index (χ1v) is 8.23. The summed E-state index contributed by atoms with van der Waals surface area (Å²) in [5.41, 5.74) is 2.14. The van der Waals surface area contributed by atoms with E-state index in [1.165, 1.54) is 12.8 Å². The van der Waals surface area contributed by atoms with E-state index in [4.69, 9.17) is 35.4 Å². The Labute approximate surface area is 140 Å². The third-order valence-electron chi connectivity index (χ3n) is 3.30. The van der Waals surface area contributed by atoms with Crippen LogP contribution in [0, 0.1) is 4.64 Å².